The summed E-state index contributed by atoms with van der Waals surface area (Å²) >= 11 is 0. The van der Waals surface area contributed by atoms with Gasteiger partial charge in [0.15, 0.2) is 11.5 Å². The first-order valence-corrected chi connectivity index (χ1v) is 16.3. The second kappa shape index (κ2) is 9.76. The minimum Gasteiger partial charge on any atom is -0.504 e. The third-order valence-corrected chi connectivity index (χ3v) is 14.4. The standard InChI is InChI=1S/C36H52O5/c1-32(2)28-14-18-35(5)29(33(28,3)17-15-30(32)39)12-10-24-25-7-6-16-36(25,20-19-34(24,35)4)22-41-31(40)13-9-23-8-11-26(37)27(38)21-23/h8-9,11,13,21,24-25,28-30,37-39H,6-7,10,12,14-20,22H2,1-5H3/b13-9+/t24?,25-,28?,29?,30?,33?,34-,35?,36?/m1/s1. The van der Waals surface area contributed by atoms with Crippen LogP contribution in [0.3, 0.4) is 0 Å². The molecule has 5 aliphatic rings. The van der Waals surface area contributed by atoms with Gasteiger partial charge in [0.25, 0.3) is 0 Å². The fourth-order valence-corrected chi connectivity index (χ4v) is 12.0. The van der Waals surface area contributed by atoms with E-state index in [4.69, 9.17) is 4.74 Å². The Morgan fingerprint density at radius 2 is 1.63 bits per heavy atom. The smallest absolute Gasteiger partial charge is 0.330 e. The molecule has 1 aromatic rings. The number of aliphatic hydroxyl groups excluding tert-OH is 1. The van der Waals surface area contributed by atoms with Crippen LogP contribution in [0.2, 0.25) is 0 Å². The van der Waals surface area contributed by atoms with Crippen LogP contribution in [0.15, 0.2) is 24.3 Å². The van der Waals surface area contributed by atoms with Gasteiger partial charge in [-0.3, -0.25) is 0 Å². The zero-order chi connectivity index (χ0) is 29.4. The molecule has 5 saturated carbocycles. The Kier molecular flexibility index (Phi) is 6.92. The first-order valence-electron chi connectivity index (χ1n) is 16.3. The van der Waals surface area contributed by atoms with Gasteiger partial charge in [0.2, 0.25) is 0 Å². The van der Waals surface area contributed by atoms with Crippen molar-refractivity contribution in [2.45, 2.75) is 111 Å². The predicted octanol–water partition coefficient (Wildman–Crippen LogP) is 7.87. The summed E-state index contributed by atoms with van der Waals surface area (Å²) in [6.07, 6.45) is 16.0. The van der Waals surface area contributed by atoms with Gasteiger partial charge in [-0.25, -0.2) is 4.79 Å². The van der Waals surface area contributed by atoms with Crippen LogP contribution >= 0.6 is 0 Å². The van der Waals surface area contributed by atoms with Gasteiger partial charge in [-0.05, 0) is 133 Å². The average molecular weight is 565 g/mol. The Morgan fingerprint density at radius 1 is 0.854 bits per heavy atom. The molecule has 6 rings (SSSR count). The van der Waals surface area contributed by atoms with E-state index >= 15 is 0 Å². The van der Waals surface area contributed by atoms with Crippen LogP contribution in [0.5, 0.6) is 11.5 Å². The summed E-state index contributed by atoms with van der Waals surface area (Å²) in [5, 5.41) is 30.2. The number of fused-ring (bicyclic) bond motifs is 7. The number of benzene rings is 1. The molecular weight excluding hydrogens is 512 g/mol. The second-order valence-electron chi connectivity index (χ2n) is 16.1. The molecule has 5 fully saturated rings. The molecule has 3 N–H and O–H groups in total. The molecule has 41 heavy (non-hydrogen) atoms. The highest BCUT2D eigenvalue weighted by atomic mass is 16.5. The number of carbonyl (C=O) groups is 1. The van der Waals surface area contributed by atoms with Crippen LogP contribution in [0.1, 0.15) is 111 Å². The van der Waals surface area contributed by atoms with E-state index in [9.17, 15) is 20.1 Å². The fraction of sp³-hybridized carbons (Fsp3) is 0.750. The quantitative estimate of drug-likeness (QED) is 0.197. The molecule has 5 nitrogen and oxygen atoms in total. The molecule has 0 spiro atoms. The van der Waals surface area contributed by atoms with Gasteiger partial charge >= 0.3 is 5.97 Å². The lowest BCUT2D eigenvalue weighted by atomic mass is 9.32. The minimum atomic E-state index is -0.338. The van der Waals surface area contributed by atoms with E-state index in [1.54, 1.807) is 12.1 Å². The van der Waals surface area contributed by atoms with E-state index in [1.165, 1.54) is 63.2 Å². The van der Waals surface area contributed by atoms with Crippen molar-refractivity contribution in [3.8, 4) is 11.5 Å². The maximum absolute atomic E-state index is 12.8. The van der Waals surface area contributed by atoms with Crippen LogP contribution in [0.25, 0.3) is 6.08 Å². The van der Waals surface area contributed by atoms with E-state index in [-0.39, 0.29) is 34.4 Å². The Bertz CT molecular complexity index is 1220. The van der Waals surface area contributed by atoms with Crippen LogP contribution < -0.4 is 0 Å². The van der Waals surface area contributed by atoms with Crippen molar-refractivity contribution in [3.05, 3.63) is 29.8 Å². The number of carbonyl (C=O) groups excluding carboxylic acids is 1. The van der Waals surface area contributed by atoms with Crippen LogP contribution in [-0.2, 0) is 9.53 Å². The third-order valence-electron chi connectivity index (χ3n) is 14.4. The lowest BCUT2D eigenvalue weighted by molar-refractivity contribution is -0.247. The molecule has 226 valence electrons. The summed E-state index contributed by atoms with van der Waals surface area (Å²) in [5.41, 5.74) is 1.62. The van der Waals surface area contributed by atoms with Crippen LogP contribution in [0, 0.1) is 50.7 Å². The lowest BCUT2D eigenvalue weighted by Crippen LogP contribution is -2.66. The van der Waals surface area contributed by atoms with E-state index in [2.05, 4.69) is 34.6 Å². The molecule has 0 saturated heterocycles. The number of phenols is 2. The summed E-state index contributed by atoms with van der Waals surface area (Å²) in [4.78, 5) is 12.8. The third kappa shape index (κ3) is 4.22. The van der Waals surface area contributed by atoms with E-state index in [0.717, 1.165) is 25.7 Å². The molecule has 9 atom stereocenters. The van der Waals surface area contributed by atoms with Crippen molar-refractivity contribution in [3.63, 3.8) is 0 Å². The molecule has 5 heteroatoms. The average Bonchev–Trinajstić information content (AvgIpc) is 3.35. The van der Waals surface area contributed by atoms with Gasteiger partial charge in [0, 0.05) is 11.5 Å². The van der Waals surface area contributed by atoms with Crippen molar-refractivity contribution in [1.82, 2.24) is 0 Å². The molecule has 0 radical (unpaired) electrons. The molecule has 7 unspecified atom stereocenters. The van der Waals surface area contributed by atoms with Gasteiger partial charge in [0.05, 0.1) is 12.7 Å². The monoisotopic (exact) mass is 564 g/mol. The van der Waals surface area contributed by atoms with Crippen molar-refractivity contribution in [2.75, 3.05) is 6.61 Å². The number of hydrogen-bond acceptors (Lipinski definition) is 5. The maximum Gasteiger partial charge on any atom is 0.330 e. The van der Waals surface area contributed by atoms with Crippen molar-refractivity contribution >= 4 is 12.0 Å². The number of aliphatic hydroxyl groups is 1. The number of phenolic OH excluding ortho intramolecular Hbond substituents is 2. The normalized spacial score (nSPS) is 44.9. The Hall–Kier alpha value is -2.01. The molecule has 0 aliphatic heterocycles. The Labute approximate surface area is 246 Å². The van der Waals surface area contributed by atoms with Gasteiger partial charge < -0.3 is 20.1 Å². The van der Waals surface area contributed by atoms with Crippen molar-refractivity contribution in [1.29, 1.82) is 0 Å². The highest BCUT2D eigenvalue weighted by Crippen LogP contribution is 2.76. The van der Waals surface area contributed by atoms with E-state index in [0.29, 0.717) is 52.1 Å². The summed E-state index contributed by atoms with van der Waals surface area (Å²) in [6, 6.07) is 4.52. The first-order chi connectivity index (χ1) is 19.3. The summed E-state index contributed by atoms with van der Waals surface area (Å²) in [7, 11) is 0. The predicted molar refractivity (Wildman–Crippen MR) is 161 cm³/mol. The lowest BCUT2D eigenvalue weighted by Gasteiger charge is -2.72. The molecule has 1 aromatic carbocycles. The van der Waals surface area contributed by atoms with Crippen molar-refractivity contribution in [2.24, 2.45) is 50.7 Å². The molecule has 0 bridgehead atoms. The van der Waals surface area contributed by atoms with Gasteiger partial charge in [-0.2, -0.15) is 0 Å². The summed E-state index contributed by atoms with van der Waals surface area (Å²) in [5.74, 6) is 1.87. The second-order valence-corrected chi connectivity index (χ2v) is 16.1. The fourth-order valence-electron chi connectivity index (χ4n) is 12.0. The highest BCUT2D eigenvalue weighted by Gasteiger charge is 2.69. The van der Waals surface area contributed by atoms with Gasteiger partial charge in [-0.1, -0.05) is 47.1 Å². The SMILES string of the molecule is CC1(C)C(O)CCC2(C)C1CCC1(C)C2CCC2[C@H]3CCCC3(COC(=O)/C=C/c3ccc(O)c(O)c3)CC[C@]21C. The number of ether oxygens (including phenoxy) is 1. The number of rotatable bonds is 4. The summed E-state index contributed by atoms with van der Waals surface area (Å²) < 4.78 is 5.96. The van der Waals surface area contributed by atoms with Crippen molar-refractivity contribution < 1.29 is 24.9 Å². The van der Waals surface area contributed by atoms with E-state index in [1.807, 2.05) is 0 Å². The molecule has 0 heterocycles. The summed E-state index contributed by atoms with van der Waals surface area (Å²) in [6.45, 7) is 13.0. The molecule has 5 aliphatic carbocycles. The van der Waals surface area contributed by atoms with Gasteiger partial charge in [0.1, 0.15) is 0 Å². The number of esters is 1. The van der Waals surface area contributed by atoms with Crippen LogP contribution in [-0.4, -0.2) is 34.0 Å². The van der Waals surface area contributed by atoms with Gasteiger partial charge in [-0.15, -0.1) is 0 Å². The minimum absolute atomic E-state index is 0.0136. The largest absolute Gasteiger partial charge is 0.504 e. The Balaban J connectivity index is 1.19. The molecule has 0 amide bonds. The number of hydrogen-bond donors (Lipinski definition) is 3. The maximum atomic E-state index is 12.8. The topological polar surface area (TPSA) is 87.0 Å². The highest BCUT2D eigenvalue weighted by molar-refractivity contribution is 5.87. The zero-order valence-electron chi connectivity index (χ0n) is 25.9. The van der Waals surface area contributed by atoms with E-state index < -0.39 is 0 Å². The zero-order valence-corrected chi connectivity index (χ0v) is 25.9. The molecular formula is C36H52O5. The first kappa shape index (κ1) is 29.1. The van der Waals surface area contributed by atoms with Crippen LogP contribution in [0.4, 0.5) is 0 Å². The number of aromatic hydroxyl groups is 2. The Morgan fingerprint density at radius 3 is 2.39 bits per heavy atom. The molecule has 0 aromatic heterocycles.